The van der Waals surface area contributed by atoms with Gasteiger partial charge in [-0.3, -0.25) is 14.5 Å². The molecule has 22 heavy (non-hydrogen) atoms. The number of hydrogen-bond acceptors (Lipinski definition) is 7. The number of aliphatic carboxylic acids is 1. The van der Waals surface area contributed by atoms with E-state index in [4.69, 9.17) is 10.5 Å². The van der Waals surface area contributed by atoms with Crippen LogP contribution in [-0.2, 0) is 23.9 Å². The maximum atomic E-state index is 12.3. The van der Waals surface area contributed by atoms with Gasteiger partial charge in [0, 0.05) is 24.7 Å². The van der Waals surface area contributed by atoms with Crippen molar-refractivity contribution in [3.05, 3.63) is 11.3 Å². The van der Waals surface area contributed by atoms with Gasteiger partial charge in [0.1, 0.15) is 29.5 Å². The van der Waals surface area contributed by atoms with Crippen molar-refractivity contribution >= 4 is 35.9 Å². The lowest BCUT2D eigenvalue weighted by Gasteiger charge is -2.55. The number of β-lactam (4-membered cyclic amide) rings is 1. The lowest BCUT2D eigenvalue weighted by molar-refractivity contribution is -0.155. The summed E-state index contributed by atoms with van der Waals surface area (Å²) in [5.74, 6) is -2.02. The Balaban J connectivity index is 2.26. The van der Waals surface area contributed by atoms with Gasteiger partial charge in [-0.2, -0.15) is 0 Å². The molecule has 3 N–H and O–H groups in total. The molecule has 0 aromatic rings. The van der Waals surface area contributed by atoms with Crippen molar-refractivity contribution < 1.29 is 29.0 Å². The summed E-state index contributed by atoms with van der Waals surface area (Å²) in [6.07, 6.45) is 0.993. The Bertz CT molecular complexity index is 575. The minimum atomic E-state index is -1.27. The van der Waals surface area contributed by atoms with Crippen LogP contribution < -0.4 is 5.73 Å². The van der Waals surface area contributed by atoms with Gasteiger partial charge in [-0.15, -0.1) is 11.8 Å². The molecule has 1 amide bonds. The van der Waals surface area contributed by atoms with Crippen LogP contribution in [0.15, 0.2) is 11.3 Å². The molecule has 2 rings (SSSR count). The van der Waals surface area contributed by atoms with Crippen molar-refractivity contribution in [2.24, 2.45) is 5.73 Å². The molecule has 2 heterocycles. The first-order chi connectivity index (χ1) is 10.3. The molecule has 1 saturated heterocycles. The van der Waals surface area contributed by atoms with E-state index < -0.39 is 28.8 Å². The molecule has 0 aromatic heterocycles. The summed E-state index contributed by atoms with van der Waals surface area (Å²) >= 11 is 1.31. The quantitative estimate of drug-likeness (QED) is 0.379. The normalized spacial score (nSPS) is 27.1. The highest BCUT2D eigenvalue weighted by molar-refractivity contribution is 8.00. The van der Waals surface area contributed by atoms with Gasteiger partial charge in [-0.25, -0.2) is 4.79 Å². The number of amides is 1. The highest BCUT2D eigenvalue weighted by Crippen LogP contribution is 2.46. The molecule has 2 atom stereocenters. The van der Waals surface area contributed by atoms with E-state index in [0.29, 0.717) is 17.6 Å². The molecule has 0 aromatic carbocycles. The van der Waals surface area contributed by atoms with Crippen molar-refractivity contribution in [2.75, 3.05) is 12.4 Å². The van der Waals surface area contributed by atoms with Gasteiger partial charge in [0.15, 0.2) is 0 Å². The molecule has 8 nitrogen and oxygen atoms in total. The zero-order valence-corrected chi connectivity index (χ0v) is 12.7. The average molecular weight is 328 g/mol. The number of hydrogen-bond donors (Lipinski definition) is 2. The smallest absolute Gasteiger partial charge is 0.352 e. The Morgan fingerprint density at radius 1 is 1.59 bits per heavy atom. The fraction of sp³-hybridized carbons (Fsp3) is 0.538. The van der Waals surface area contributed by atoms with E-state index in [1.807, 2.05) is 0 Å². The van der Waals surface area contributed by atoms with Gasteiger partial charge in [-0.05, 0) is 6.42 Å². The van der Waals surface area contributed by atoms with Gasteiger partial charge in [0.25, 0.3) is 5.91 Å². The SMILES string of the molecule is CC(=O)OCC1=C(C(=O)O)N2C(=O)[C@@](N)(CCC=O)[C@H]2SC1. The fourth-order valence-corrected chi connectivity index (χ4v) is 3.99. The van der Waals surface area contributed by atoms with Crippen LogP contribution in [0, 0.1) is 0 Å². The predicted octanol–water partition coefficient (Wildman–Crippen LogP) is -0.520. The van der Waals surface area contributed by atoms with E-state index in [0.717, 1.165) is 4.90 Å². The lowest BCUT2D eigenvalue weighted by Crippen LogP contribution is -2.77. The fourth-order valence-electron chi connectivity index (χ4n) is 2.54. The Kier molecular flexibility index (Phi) is 4.57. The minimum absolute atomic E-state index is 0.138. The van der Waals surface area contributed by atoms with E-state index in [-0.39, 0.29) is 25.1 Å². The largest absolute Gasteiger partial charge is 0.477 e. The van der Waals surface area contributed by atoms with E-state index in [9.17, 15) is 24.3 Å². The van der Waals surface area contributed by atoms with Crippen molar-refractivity contribution in [1.29, 1.82) is 0 Å². The maximum absolute atomic E-state index is 12.3. The van der Waals surface area contributed by atoms with Gasteiger partial charge in [0.2, 0.25) is 0 Å². The molecule has 0 unspecified atom stereocenters. The number of thioether (sulfide) groups is 1. The number of carbonyl (C=O) groups is 4. The van der Waals surface area contributed by atoms with Crippen LogP contribution >= 0.6 is 11.8 Å². The summed E-state index contributed by atoms with van der Waals surface area (Å²) in [5.41, 5.74) is 5.00. The summed E-state index contributed by atoms with van der Waals surface area (Å²) in [6.45, 7) is 1.05. The van der Waals surface area contributed by atoms with Crippen LogP contribution in [0.4, 0.5) is 0 Å². The van der Waals surface area contributed by atoms with Crippen LogP contribution in [0.1, 0.15) is 19.8 Å². The van der Waals surface area contributed by atoms with E-state index in [1.165, 1.54) is 18.7 Å². The van der Waals surface area contributed by atoms with Gasteiger partial charge < -0.3 is 20.4 Å². The summed E-state index contributed by atoms with van der Waals surface area (Å²) < 4.78 is 4.83. The number of rotatable bonds is 6. The van der Waals surface area contributed by atoms with Gasteiger partial charge >= 0.3 is 11.9 Å². The number of carbonyl (C=O) groups excluding carboxylic acids is 3. The van der Waals surface area contributed by atoms with Crippen LogP contribution in [0.2, 0.25) is 0 Å². The Hall–Kier alpha value is -1.87. The average Bonchev–Trinajstić information content (AvgIpc) is 2.48. The van der Waals surface area contributed by atoms with Crippen LogP contribution in [0.25, 0.3) is 0 Å². The number of aldehydes is 1. The first-order valence-corrected chi connectivity index (χ1v) is 7.64. The molecule has 2 aliphatic rings. The molecule has 1 fully saturated rings. The summed E-state index contributed by atoms with van der Waals surface area (Å²) in [5, 5.41) is 8.84. The number of nitrogens with zero attached hydrogens (tertiary/aromatic N) is 1. The highest BCUT2D eigenvalue weighted by atomic mass is 32.2. The molecule has 0 aliphatic carbocycles. The number of nitrogens with two attached hydrogens (primary N) is 1. The summed E-state index contributed by atoms with van der Waals surface area (Å²) in [4.78, 5) is 46.3. The molecule has 0 saturated carbocycles. The molecular formula is C13H16N2O6S. The monoisotopic (exact) mass is 328 g/mol. The first-order valence-electron chi connectivity index (χ1n) is 6.59. The third-order valence-corrected chi connectivity index (χ3v) is 5.07. The van der Waals surface area contributed by atoms with Gasteiger partial charge in [-0.1, -0.05) is 0 Å². The van der Waals surface area contributed by atoms with Crippen molar-refractivity contribution in [1.82, 2.24) is 4.90 Å². The third kappa shape index (κ3) is 2.61. The third-order valence-electron chi connectivity index (χ3n) is 3.61. The molecular weight excluding hydrogens is 312 g/mol. The second-order valence-corrected chi connectivity index (χ2v) is 6.19. The number of esters is 1. The minimum Gasteiger partial charge on any atom is -0.477 e. The van der Waals surface area contributed by atoms with Crippen molar-refractivity contribution in [2.45, 2.75) is 30.7 Å². The van der Waals surface area contributed by atoms with E-state index in [2.05, 4.69) is 0 Å². The molecule has 9 heteroatoms. The Morgan fingerprint density at radius 2 is 2.27 bits per heavy atom. The van der Waals surface area contributed by atoms with Crippen LogP contribution in [0.5, 0.6) is 0 Å². The topological polar surface area (TPSA) is 127 Å². The molecule has 0 bridgehead atoms. The highest BCUT2D eigenvalue weighted by Gasteiger charge is 2.61. The number of carboxylic acid groups (broad SMARTS) is 1. The number of fused-ring (bicyclic) bond motifs is 1. The van der Waals surface area contributed by atoms with E-state index >= 15 is 0 Å². The molecule has 2 aliphatic heterocycles. The molecule has 0 spiro atoms. The zero-order chi connectivity index (χ0) is 16.5. The van der Waals surface area contributed by atoms with Crippen molar-refractivity contribution in [3.63, 3.8) is 0 Å². The Labute approximate surface area is 130 Å². The lowest BCUT2D eigenvalue weighted by atomic mass is 9.83. The first kappa shape index (κ1) is 16.5. The predicted molar refractivity (Wildman–Crippen MR) is 76.6 cm³/mol. The standard InChI is InChI=1S/C13H16N2O6S/c1-7(17)21-5-8-6-22-12-13(14,3-2-4-16)11(20)15(12)9(8)10(18)19/h4,12H,2-3,5-6,14H2,1H3,(H,18,19)/t12-,13+/m1/s1. The maximum Gasteiger partial charge on any atom is 0.352 e. The van der Waals surface area contributed by atoms with E-state index in [1.54, 1.807) is 0 Å². The van der Waals surface area contributed by atoms with Crippen LogP contribution in [-0.4, -0.2) is 57.4 Å². The Morgan fingerprint density at radius 3 is 2.82 bits per heavy atom. The number of ether oxygens (including phenoxy) is 1. The second kappa shape index (κ2) is 6.09. The summed E-state index contributed by atoms with van der Waals surface area (Å²) in [7, 11) is 0. The molecule has 120 valence electrons. The zero-order valence-electron chi connectivity index (χ0n) is 11.9. The van der Waals surface area contributed by atoms with Crippen LogP contribution in [0.3, 0.4) is 0 Å². The molecule has 0 radical (unpaired) electrons. The number of carboxylic acids is 1. The van der Waals surface area contributed by atoms with Gasteiger partial charge in [0.05, 0.1) is 0 Å². The van der Waals surface area contributed by atoms with Crippen molar-refractivity contribution in [3.8, 4) is 0 Å². The second-order valence-electron chi connectivity index (χ2n) is 5.12. The summed E-state index contributed by atoms with van der Waals surface area (Å²) in [6, 6.07) is 0.